The van der Waals surface area contributed by atoms with E-state index in [0.29, 0.717) is 22.6 Å². The van der Waals surface area contributed by atoms with E-state index in [2.05, 4.69) is 11.1 Å². The van der Waals surface area contributed by atoms with Crippen LogP contribution in [0, 0.1) is 11.3 Å². The van der Waals surface area contributed by atoms with Gasteiger partial charge >= 0.3 is 0 Å². The standard InChI is InChI=1S/C16H10N2O2/c17-10-12(9-11-5-7-13(19)8-6-11)16-18-14-3-1-2-4-15(14)20-16/h1-9,19H/b12-9-. The Hall–Kier alpha value is -3.06. The molecule has 4 nitrogen and oxygen atoms in total. The van der Waals surface area contributed by atoms with Gasteiger partial charge in [0.15, 0.2) is 5.58 Å². The Morgan fingerprint density at radius 1 is 1.15 bits per heavy atom. The molecule has 0 amide bonds. The van der Waals surface area contributed by atoms with Gasteiger partial charge in [-0.15, -0.1) is 0 Å². The molecule has 20 heavy (non-hydrogen) atoms. The van der Waals surface area contributed by atoms with Crippen molar-refractivity contribution in [2.45, 2.75) is 0 Å². The molecule has 0 fully saturated rings. The Labute approximate surface area is 115 Å². The number of aromatic hydroxyl groups is 1. The van der Waals surface area contributed by atoms with Crippen molar-refractivity contribution in [1.29, 1.82) is 5.26 Å². The molecule has 0 aliphatic heterocycles. The number of hydrogen-bond donors (Lipinski definition) is 1. The molecule has 4 heteroatoms. The second kappa shape index (κ2) is 4.90. The second-order valence-electron chi connectivity index (χ2n) is 4.25. The number of allylic oxidation sites excluding steroid dienone is 1. The molecule has 0 radical (unpaired) electrons. The third-order valence-corrected chi connectivity index (χ3v) is 2.85. The zero-order valence-corrected chi connectivity index (χ0v) is 10.4. The highest BCUT2D eigenvalue weighted by atomic mass is 16.3. The number of aromatic nitrogens is 1. The number of phenolic OH excluding ortho intramolecular Hbond substituents is 1. The van der Waals surface area contributed by atoms with Crippen molar-refractivity contribution in [1.82, 2.24) is 4.98 Å². The van der Waals surface area contributed by atoms with E-state index in [9.17, 15) is 10.4 Å². The predicted octanol–water partition coefficient (Wildman–Crippen LogP) is 3.60. The highest BCUT2D eigenvalue weighted by Crippen LogP contribution is 2.22. The monoisotopic (exact) mass is 262 g/mol. The number of rotatable bonds is 2. The minimum Gasteiger partial charge on any atom is -0.508 e. The molecule has 1 N–H and O–H groups in total. The van der Waals surface area contributed by atoms with E-state index in [0.717, 1.165) is 5.56 Å². The van der Waals surface area contributed by atoms with Crippen LogP contribution in [0.3, 0.4) is 0 Å². The third kappa shape index (κ3) is 2.25. The van der Waals surface area contributed by atoms with Crippen molar-refractivity contribution < 1.29 is 9.52 Å². The first-order valence-corrected chi connectivity index (χ1v) is 6.03. The topological polar surface area (TPSA) is 70.0 Å². The van der Waals surface area contributed by atoms with Crippen LogP contribution in [-0.2, 0) is 0 Å². The van der Waals surface area contributed by atoms with Gasteiger partial charge in [0.1, 0.15) is 22.9 Å². The van der Waals surface area contributed by atoms with E-state index >= 15 is 0 Å². The second-order valence-corrected chi connectivity index (χ2v) is 4.25. The van der Waals surface area contributed by atoms with E-state index in [1.165, 1.54) is 0 Å². The minimum atomic E-state index is 0.183. The Balaban J connectivity index is 2.05. The highest BCUT2D eigenvalue weighted by molar-refractivity contribution is 5.88. The van der Waals surface area contributed by atoms with E-state index in [4.69, 9.17) is 4.42 Å². The van der Waals surface area contributed by atoms with Crippen molar-refractivity contribution in [3.63, 3.8) is 0 Å². The number of nitrogens with zero attached hydrogens (tertiary/aromatic N) is 2. The summed E-state index contributed by atoms with van der Waals surface area (Å²) in [4.78, 5) is 4.29. The van der Waals surface area contributed by atoms with Crippen molar-refractivity contribution in [3.05, 3.63) is 60.0 Å². The molecule has 1 heterocycles. The SMILES string of the molecule is N#C/C(=C/c1ccc(O)cc1)c1nc2ccccc2o1. The molecular weight excluding hydrogens is 252 g/mol. The van der Waals surface area contributed by atoms with Crippen molar-refractivity contribution in [2.75, 3.05) is 0 Å². The molecule has 0 bridgehead atoms. The highest BCUT2D eigenvalue weighted by Gasteiger charge is 2.10. The number of oxazole rings is 1. The molecule has 1 aromatic heterocycles. The van der Waals surface area contributed by atoms with Gasteiger partial charge in [-0.25, -0.2) is 4.98 Å². The largest absolute Gasteiger partial charge is 0.508 e. The van der Waals surface area contributed by atoms with Crippen LogP contribution in [0.5, 0.6) is 5.75 Å². The van der Waals surface area contributed by atoms with Crippen LogP contribution in [-0.4, -0.2) is 10.1 Å². The van der Waals surface area contributed by atoms with Gasteiger partial charge in [-0.05, 0) is 35.9 Å². The summed E-state index contributed by atoms with van der Waals surface area (Å²) in [6, 6.07) is 16.0. The first-order valence-electron chi connectivity index (χ1n) is 6.03. The molecule has 0 saturated heterocycles. The van der Waals surface area contributed by atoms with Gasteiger partial charge in [-0.2, -0.15) is 5.26 Å². The molecule has 0 saturated carbocycles. The lowest BCUT2D eigenvalue weighted by molar-refractivity contribution is 0.475. The normalized spacial score (nSPS) is 11.4. The fraction of sp³-hybridized carbons (Fsp3) is 0. The van der Waals surface area contributed by atoms with Crippen molar-refractivity contribution in [2.24, 2.45) is 0 Å². The number of nitriles is 1. The first kappa shape index (κ1) is 12.0. The van der Waals surface area contributed by atoms with Gasteiger partial charge in [-0.3, -0.25) is 0 Å². The first-order chi connectivity index (χ1) is 9.76. The lowest BCUT2D eigenvalue weighted by atomic mass is 10.1. The number of para-hydroxylation sites is 2. The van der Waals surface area contributed by atoms with Gasteiger partial charge in [-0.1, -0.05) is 24.3 Å². The van der Waals surface area contributed by atoms with Crippen LogP contribution >= 0.6 is 0 Å². The maximum atomic E-state index is 9.25. The third-order valence-electron chi connectivity index (χ3n) is 2.85. The molecule has 96 valence electrons. The molecule has 2 aromatic carbocycles. The van der Waals surface area contributed by atoms with Crippen molar-refractivity contribution in [3.8, 4) is 11.8 Å². The van der Waals surface area contributed by atoms with E-state index < -0.39 is 0 Å². The summed E-state index contributed by atoms with van der Waals surface area (Å²) in [7, 11) is 0. The van der Waals surface area contributed by atoms with E-state index in [-0.39, 0.29) is 5.75 Å². The number of benzene rings is 2. The van der Waals surface area contributed by atoms with Crippen LogP contribution < -0.4 is 0 Å². The van der Waals surface area contributed by atoms with Crippen LogP contribution in [0.1, 0.15) is 11.5 Å². The minimum absolute atomic E-state index is 0.183. The summed E-state index contributed by atoms with van der Waals surface area (Å²) in [5.74, 6) is 0.476. The Morgan fingerprint density at radius 3 is 2.60 bits per heavy atom. The Morgan fingerprint density at radius 2 is 1.90 bits per heavy atom. The predicted molar refractivity (Wildman–Crippen MR) is 75.6 cm³/mol. The maximum Gasteiger partial charge on any atom is 0.238 e. The molecule has 0 atom stereocenters. The molecule has 3 rings (SSSR count). The molecular formula is C16H10N2O2. The fourth-order valence-corrected chi connectivity index (χ4v) is 1.87. The van der Waals surface area contributed by atoms with Gasteiger partial charge in [0, 0.05) is 0 Å². The van der Waals surface area contributed by atoms with Crippen LogP contribution in [0.2, 0.25) is 0 Å². The summed E-state index contributed by atoms with van der Waals surface area (Å²) in [5, 5.41) is 18.5. The maximum absolute atomic E-state index is 9.25. The number of fused-ring (bicyclic) bond motifs is 1. The molecule has 0 aliphatic rings. The van der Waals surface area contributed by atoms with Crippen LogP contribution in [0.25, 0.3) is 22.7 Å². The lowest BCUT2D eigenvalue weighted by Crippen LogP contribution is -1.81. The molecule has 3 aromatic rings. The van der Waals surface area contributed by atoms with Crippen LogP contribution in [0.15, 0.2) is 52.9 Å². The quantitative estimate of drug-likeness (QED) is 0.716. The Kier molecular flexibility index (Phi) is 2.94. The summed E-state index contributed by atoms with van der Waals surface area (Å²) in [5.41, 5.74) is 2.50. The molecule has 0 unspecified atom stereocenters. The van der Waals surface area contributed by atoms with Crippen LogP contribution in [0.4, 0.5) is 0 Å². The number of hydrogen-bond acceptors (Lipinski definition) is 4. The molecule has 0 aliphatic carbocycles. The zero-order valence-electron chi connectivity index (χ0n) is 10.4. The van der Waals surface area contributed by atoms with Gasteiger partial charge in [0.05, 0.1) is 0 Å². The summed E-state index contributed by atoms with van der Waals surface area (Å²) < 4.78 is 5.57. The molecule has 0 spiro atoms. The number of phenols is 1. The fourth-order valence-electron chi connectivity index (χ4n) is 1.87. The average molecular weight is 262 g/mol. The van der Waals surface area contributed by atoms with E-state index in [1.807, 2.05) is 18.2 Å². The zero-order chi connectivity index (χ0) is 13.9. The Bertz CT molecular complexity index is 791. The summed E-state index contributed by atoms with van der Waals surface area (Å²) >= 11 is 0. The van der Waals surface area contributed by atoms with Crippen molar-refractivity contribution >= 4 is 22.7 Å². The summed E-state index contributed by atoms with van der Waals surface area (Å²) in [6.07, 6.45) is 1.67. The van der Waals surface area contributed by atoms with E-state index in [1.54, 1.807) is 36.4 Å². The smallest absolute Gasteiger partial charge is 0.238 e. The lowest BCUT2D eigenvalue weighted by Gasteiger charge is -1.95. The van der Waals surface area contributed by atoms with Gasteiger partial charge < -0.3 is 9.52 Å². The van der Waals surface area contributed by atoms with Gasteiger partial charge in [0.2, 0.25) is 5.89 Å². The average Bonchev–Trinajstić information content (AvgIpc) is 2.90. The van der Waals surface area contributed by atoms with Gasteiger partial charge in [0.25, 0.3) is 0 Å². The summed E-state index contributed by atoms with van der Waals surface area (Å²) in [6.45, 7) is 0.